The minimum atomic E-state index is 0.135. The lowest BCUT2D eigenvalue weighted by molar-refractivity contribution is 0.389. The van der Waals surface area contributed by atoms with Crippen molar-refractivity contribution in [1.29, 1.82) is 0 Å². The number of rotatable bonds is 3. The average molecular weight is 234 g/mol. The normalized spacial score (nSPS) is 10.3. The van der Waals surface area contributed by atoms with Gasteiger partial charge < -0.3 is 19.6 Å². The number of aromatic nitrogens is 1. The van der Waals surface area contributed by atoms with Gasteiger partial charge in [-0.15, -0.1) is 0 Å². The number of nitrogens with two attached hydrogens (primary N) is 1. The molecular weight excluding hydrogens is 220 g/mol. The second-order valence-corrected chi connectivity index (χ2v) is 3.54. The van der Waals surface area contributed by atoms with Crippen LogP contribution in [0.1, 0.15) is 5.56 Å². The number of benzene rings is 1. The van der Waals surface area contributed by atoms with Crippen LogP contribution < -0.4 is 15.2 Å². The maximum Gasteiger partial charge on any atom is 0.292 e. The van der Waals surface area contributed by atoms with Gasteiger partial charge in [-0.05, 0) is 19.1 Å². The molecule has 1 aromatic carbocycles. The van der Waals surface area contributed by atoms with E-state index in [0.29, 0.717) is 11.5 Å². The molecule has 2 rings (SSSR count). The number of oxazole rings is 1. The molecule has 0 fully saturated rings. The van der Waals surface area contributed by atoms with Gasteiger partial charge in [-0.2, -0.15) is 0 Å². The van der Waals surface area contributed by atoms with Crippen molar-refractivity contribution in [3.05, 3.63) is 23.9 Å². The van der Waals surface area contributed by atoms with E-state index in [1.54, 1.807) is 20.4 Å². The van der Waals surface area contributed by atoms with Crippen molar-refractivity contribution in [3.63, 3.8) is 0 Å². The predicted molar refractivity (Wildman–Crippen MR) is 64.2 cm³/mol. The molecule has 0 saturated carbocycles. The Hall–Kier alpha value is -2.17. The van der Waals surface area contributed by atoms with Crippen molar-refractivity contribution >= 4 is 6.01 Å². The highest BCUT2D eigenvalue weighted by Gasteiger charge is 2.15. The number of methoxy groups -OCH3 is 2. The highest BCUT2D eigenvalue weighted by Crippen LogP contribution is 2.38. The van der Waals surface area contributed by atoms with Crippen LogP contribution in [-0.2, 0) is 0 Å². The van der Waals surface area contributed by atoms with Gasteiger partial charge >= 0.3 is 0 Å². The van der Waals surface area contributed by atoms with Crippen LogP contribution in [0.3, 0.4) is 0 Å². The molecule has 5 heteroatoms. The average Bonchev–Trinajstić information content (AvgIpc) is 2.75. The summed E-state index contributed by atoms with van der Waals surface area (Å²) >= 11 is 0. The molecule has 0 aliphatic rings. The standard InChI is InChI=1S/C12H14N2O3/c1-7-9(15-2)5-4-8(11(7)16-3)10-6-14-12(13)17-10/h4-6H,1-3H3,(H2,13,14). The fourth-order valence-electron chi connectivity index (χ4n) is 1.76. The summed E-state index contributed by atoms with van der Waals surface area (Å²) in [7, 11) is 3.22. The van der Waals surface area contributed by atoms with Crippen LogP contribution in [-0.4, -0.2) is 19.2 Å². The molecule has 0 bridgehead atoms. The zero-order chi connectivity index (χ0) is 12.4. The fraction of sp³-hybridized carbons (Fsp3) is 0.250. The number of anilines is 1. The Kier molecular flexibility index (Phi) is 2.91. The van der Waals surface area contributed by atoms with E-state index >= 15 is 0 Å². The van der Waals surface area contributed by atoms with E-state index < -0.39 is 0 Å². The Labute approximate surface area is 99.2 Å². The van der Waals surface area contributed by atoms with E-state index in [-0.39, 0.29) is 6.01 Å². The van der Waals surface area contributed by atoms with Crippen molar-refractivity contribution in [2.24, 2.45) is 0 Å². The molecule has 2 aromatic rings. The SMILES string of the molecule is COc1ccc(-c2cnc(N)o2)c(OC)c1C. The summed E-state index contributed by atoms with van der Waals surface area (Å²) in [5.74, 6) is 2.03. The topological polar surface area (TPSA) is 70.5 Å². The third-order valence-corrected chi connectivity index (χ3v) is 2.57. The van der Waals surface area contributed by atoms with Gasteiger partial charge in [0, 0.05) is 5.56 Å². The van der Waals surface area contributed by atoms with Gasteiger partial charge in [0.05, 0.1) is 26.0 Å². The maximum absolute atomic E-state index is 5.46. The van der Waals surface area contributed by atoms with Crippen molar-refractivity contribution in [2.45, 2.75) is 6.92 Å². The fourth-order valence-corrected chi connectivity index (χ4v) is 1.76. The van der Waals surface area contributed by atoms with Crippen molar-refractivity contribution < 1.29 is 13.9 Å². The minimum absolute atomic E-state index is 0.135. The molecule has 0 atom stereocenters. The van der Waals surface area contributed by atoms with E-state index in [1.807, 2.05) is 19.1 Å². The highest BCUT2D eigenvalue weighted by molar-refractivity contribution is 5.70. The van der Waals surface area contributed by atoms with E-state index in [9.17, 15) is 0 Å². The lowest BCUT2D eigenvalue weighted by Gasteiger charge is -2.12. The van der Waals surface area contributed by atoms with Gasteiger partial charge in [0.1, 0.15) is 11.5 Å². The molecule has 0 unspecified atom stereocenters. The molecule has 1 heterocycles. The number of ether oxygens (including phenoxy) is 2. The van der Waals surface area contributed by atoms with E-state index in [4.69, 9.17) is 19.6 Å². The molecule has 0 radical (unpaired) electrons. The van der Waals surface area contributed by atoms with E-state index in [2.05, 4.69) is 4.98 Å². The number of hydrogen-bond donors (Lipinski definition) is 1. The third kappa shape index (κ3) is 1.91. The van der Waals surface area contributed by atoms with Crippen LogP contribution in [0.5, 0.6) is 11.5 Å². The molecule has 0 aliphatic carbocycles. The van der Waals surface area contributed by atoms with Gasteiger partial charge in [-0.3, -0.25) is 0 Å². The van der Waals surface area contributed by atoms with Gasteiger partial charge in [-0.25, -0.2) is 4.98 Å². The quantitative estimate of drug-likeness (QED) is 0.881. The van der Waals surface area contributed by atoms with Gasteiger partial charge in [0.25, 0.3) is 6.01 Å². The monoisotopic (exact) mass is 234 g/mol. The number of hydrogen-bond acceptors (Lipinski definition) is 5. The summed E-state index contributed by atoms with van der Waals surface area (Å²) in [6.07, 6.45) is 1.57. The first-order valence-electron chi connectivity index (χ1n) is 5.10. The Morgan fingerprint density at radius 1 is 1.24 bits per heavy atom. The lowest BCUT2D eigenvalue weighted by Crippen LogP contribution is -1.94. The molecule has 0 amide bonds. The maximum atomic E-state index is 5.46. The Morgan fingerprint density at radius 2 is 2.00 bits per heavy atom. The second-order valence-electron chi connectivity index (χ2n) is 3.54. The number of nitrogens with zero attached hydrogens (tertiary/aromatic N) is 1. The highest BCUT2D eigenvalue weighted by atomic mass is 16.5. The summed E-state index contributed by atoms with van der Waals surface area (Å²) in [5.41, 5.74) is 7.16. The first-order valence-corrected chi connectivity index (χ1v) is 5.10. The Balaban J connectivity index is 2.58. The molecule has 0 aliphatic heterocycles. The first kappa shape index (κ1) is 11.3. The minimum Gasteiger partial charge on any atom is -0.496 e. The summed E-state index contributed by atoms with van der Waals surface area (Å²) in [5, 5.41) is 0. The van der Waals surface area contributed by atoms with Crippen LogP contribution in [0.4, 0.5) is 6.01 Å². The van der Waals surface area contributed by atoms with Gasteiger partial charge in [0.15, 0.2) is 5.76 Å². The molecule has 1 aromatic heterocycles. The Morgan fingerprint density at radius 3 is 2.53 bits per heavy atom. The summed E-state index contributed by atoms with van der Waals surface area (Å²) in [4.78, 5) is 3.86. The van der Waals surface area contributed by atoms with Crippen LogP contribution in [0.15, 0.2) is 22.7 Å². The molecule has 5 nitrogen and oxygen atoms in total. The smallest absolute Gasteiger partial charge is 0.292 e. The molecule has 90 valence electrons. The molecule has 0 spiro atoms. The second kappa shape index (κ2) is 4.37. The molecular formula is C12H14N2O3. The van der Waals surface area contributed by atoms with Crippen LogP contribution >= 0.6 is 0 Å². The largest absolute Gasteiger partial charge is 0.496 e. The van der Waals surface area contributed by atoms with E-state index in [1.165, 1.54) is 0 Å². The van der Waals surface area contributed by atoms with Crippen molar-refractivity contribution in [1.82, 2.24) is 4.98 Å². The van der Waals surface area contributed by atoms with E-state index in [0.717, 1.165) is 16.9 Å². The van der Waals surface area contributed by atoms with Crippen LogP contribution in [0, 0.1) is 6.92 Å². The van der Waals surface area contributed by atoms with Gasteiger partial charge in [-0.1, -0.05) is 0 Å². The van der Waals surface area contributed by atoms with Crippen LogP contribution in [0.2, 0.25) is 0 Å². The predicted octanol–water partition coefficient (Wildman–Crippen LogP) is 2.25. The summed E-state index contributed by atoms with van der Waals surface area (Å²) in [6, 6.07) is 3.84. The third-order valence-electron chi connectivity index (χ3n) is 2.57. The molecule has 17 heavy (non-hydrogen) atoms. The van der Waals surface area contributed by atoms with Crippen molar-refractivity contribution in [2.75, 3.05) is 20.0 Å². The first-order chi connectivity index (χ1) is 8.17. The summed E-state index contributed by atoms with van der Waals surface area (Å²) in [6.45, 7) is 1.92. The van der Waals surface area contributed by atoms with Crippen LogP contribution in [0.25, 0.3) is 11.3 Å². The molecule has 2 N–H and O–H groups in total. The number of nitrogen functional groups attached to an aromatic ring is 1. The molecule has 0 saturated heterocycles. The lowest BCUT2D eigenvalue weighted by atomic mass is 10.1. The van der Waals surface area contributed by atoms with Gasteiger partial charge in [0.2, 0.25) is 0 Å². The zero-order valence-corrected chi connectivity index (χ0v) is 9.98. The Bertz CT molecular complexity index is 535. The van der Waals surface area contributed by atoms with Crippen molar-refractivity contribution in [3.8, 4) is 22.8 Å². The summed E-state index contributed by atoms with van der Waals surface area (Å²) < 4.78 is 15.9. The zero-order valence-electron chi connectivity index (χ0n) is 9.98.